The lowest BCUT2D eigenvalue weighted by Gasteiger charge is -2.19. The Morgan fingerprint density at radius 1 is 0.974 bits per heavy atom. The normalized spacial score (nSPS) is 15.0. The Hall–Kier alpha value is -4.46. The van der Waals surface area contributed by atoms with E-state index in [-0.39, 0.29) is 17.2 Å². The van der Waals surface area contributed by atoms with Crippen LogP contribution in [0.2, 0.25) is 5.02 Å². The topological polar surface area (TPSA) is 84.8 Å². The number of hydrogen-bond acceptors (Lipinski definition) is 5. The highest BCUT2D eigenvalue weighted by Crippen LogP contribution is 2.28. The van der Waals surface area contributed by atoms with Crippen molar-refractivity contribution in [3.8, 4) is 11.3 Å². The van der Waals surface area contributed by atoms with Crippen LogP contribution in [0.5, 0.6) is 0 Å². The lowest BCUT2D eigenvalue weighted by atomic mass is 10.0. The third-order valence-electron chi connectivity index (χ3n) is 6.22. The number of halogens is 1. The van der Waals surface area contributed by atoms with Crippen molar-refractivity contribution in [2.45, 2.75) is 6.04 Å². The van der Waals surface area contributed by atoms with Gasteiger partial charge in [0.2, 0.25) is 0 Å². The van der Waals surface area contributed by atoms with Gasteiger partial charge in [-0.3, -0.25) is 9.36 Å². The Bertz CT molecular complexity index is 1880. The van der Waals surface area contributed by atoms with Crippen LogP contribution < -0.4 is 14.9 Å². The van der Waals surface area contributed by atoms with E-state index in [0.717, 1.165) is 16.8 Å². The maximum Gasteiger partial charge on any atom is 0.335 e. The van der Waals surface area contributed by atoms with Crippen molar-refractivity contribution in [2.75, 3.05) is 0 Å². The number of thiazole rings is 1. The number of aromatic nitrogens is 1. The summed E-state index contributed by atoms with van der Waals surface area (Å²) in [6.07, 6.45) is 3.68. The minimum Gasteiger partial charge on any atom is -0.478 e. The first kappa shape index (κ1) is 23.9. The molecule has 0 saturated heterocycles. The number of benzene rings is 3. The van der Waals surface area contributed by atoms with Gasteiger partial charge in [0.15, 0.2) is 4.80 Å². The molecule has 1 unspecified atom stereocenters. The molecule has 0 radical (unpaired) electrons. The summed E-state index contributed by atoms with van der Waals surface area (Å²) in [6.45, 7) is 0. The summed E-state index contributed by atoms with van der Waals surface area (Å²) >= 11 is 7.42. The van der Waals surface area contributed by atoms with E-state index in [2.05, 4.69) is 0 Å². The van der Waals surface area contributed by atoms with E-state index in [1.54, 1.807) is 41.0 Å². The molecule has 0 amide bonds. The van der Waals surface area contributed by atoms with E-state index < -0.39 is 5.97 Å². The SMILES string of the molecule is O=C(O)c1cccc(-c2ccc(C=c3sc4n(c3=O)C(c3ccc(Cl)cc3)C=C(c3ccccc3)N=4)o2)c1. The predicted octanol–water partition coefficient (Wildman–Crippen LogP) is 5.61. The number of carbonyl (C=O) groups is 1. The first-order valence-electron chi connectivity index (χ1n) is 11.7. The zero-order chi connectivity index (χ0) is 26.2. The van der Waals surface area contributed by atoms with Crippen LogP contribution in [0.1, 0.15) is 33.3 Å². The third-order valence-corrected chi connectivity index (χ3v) is 7.46. The monoisotopic (exact) mass is 538 g/mol. The number of rotatable bonds is 5. The molecule has 3 aromatic carbocycles. The van der Waals surface area contributed by atoms with Crippen molar-refractivity contribution in [3.63, 3.8) is 0 Å². The van der Waals surface area contributed by atoms with E-state index in [0.29, 0.717) is 31.4 Å². The summed E-state index contributed by atoms with van der Waals surface area (Å²) in [5.74, 6) is -0.0151. The fourth-order valence-electron chi connectivity index (χ4n) is 4.37. The van der Waals surface area contributed by atoms with Crippen LogP contribution in [0.25, 0.3) is 23.1 Å². The van der Waals surface area contributed by atoms with Crippen molar-refractivity contribution in [1.82, 2.24) is 4.57 Å². The Morgan fingerprint density at radius 2 is 1.74 bits per heavy atom. The smallest absolute Gasteiger partial charge is 0.335 e. The zero-order valence-electron chi connectivity index (χ0n) is 19.7. The van der Waals surface area contributed by atoms with Gasteiger partial charge in [-0.25, -0.2) is 9.79 Å². The molecule has 186 valence electrons. The lowest BCUT2D eigenvalue weighted by Crippen LogP contribution is -2.36. The summed E-state index contributed by atoms with van der Waals surface area (Å²) in [7, 11) is 0. The molecular formula is C30H19ClN2O4S. The highest BCUT2D eigenvalue weighted by atomic mass is 35.5. The minimum absolute atomic E-state index is 0.171. The molecule has 0 spiro atoms. The van der Waals surface area contributed by atoms with Gasteiger partial charge in [-0.1, -0.05) is 77.5 Å². The Labute approximate surface area is 225 Å². The van der Waals surface area contributed by atoms with Gasteiger partial charge in [0.1, 0.15) is 11.5 Å². The molecule has 1 aliphatic heterocycles. The van der Waals surface area contributed by atoms with E-state index in [9.17, 15) is 14.7 Å². The maximum atomic E-state index is 13.6. The van der Waals surface area contributed by atoms with E-state index in [1.165, 1.54) is 17.4 Å². The molecule has 6 rings (SSSR count). The van der Waals surface area contributed by atoms with Crippen LogP contribution in [0.15, 0.2) is 111 Å². The van der Waals surface area contributed by atoms with Crippen molar-refractivity contribution < 1.29 is 14.3 Å². The first-order valence-corrected chi connectivity index (χ1v) is 12.9. The highest BCUT2D eigenvalue weighted by Gasteiger charge is 2.22. The van der Waals surface area contributed by atoms with Crippen LogP contribution in [-0.4, -0.2) is 15.6 Å². The van der Waals surface area contributed by atoms with Crippen molar-refractivity contribution in [1.29, 1.82) is 0 Å². The van der Waals surface area contributed by atoms with Crippen molar-refractivity contribution in [2.24, 2.45) is 4.99 Å². The summed E-state index contributed by atoms with van der Waals surface area (Å²) in [5.41, 5.74) is 3.30. The molecule has 5 aromatic rings. The second kappa shape index (κ2) is 9.78. The van der Waals surface area contributed by atoms with Gasteiger partial charge < -0.3 is 9.52 Å². The summed E-state index contributed by atoms with van der Waals surface area (Å²) in [6, 6.07) is 27.0. The van der Waals surface area contributed by atoms with Gasteiger partial charge in [0.25, 0.3) is 5.56 Å². The van der Waals surface area contributed by atoms with Crippen LogP contribution in [-0.2, 0) is 0 Å². The van der Waals surface area contributed by atoms with Gasteiger partial charge >= 0.3 is 5.97 Å². The number of carboxylic acid groups (broad SMARTS) is 1. The third kappa shape index (κ3) is 4.53. The fourth-order valence-corrected chi connectivity index (χ4v) is 5.49. The average molecular weight is 539 g/mol. The van der Waals surface area contributed by atoms with Crippen LogP contribution in [0, 0.1) is 0 Å². The van der Waals surface area contributed by atoms with Crippen molar-refractivity contribution in [3.05, 3.63) is 144 Å². The average Bonchev–Trinajstić information content (AvgIpc) is 3.54. The lowest BCUT2D eigenvalue weighted by molar-refractivity contribution is 0.0697. The zero-order valence-corrected chi connectivity index (χ0v) is 21.3. The Kier molecular flexibility index (Phi) is 6.15. The van der Waals surface area contributed by atoms with E-state index in [4.69, 9.17) is 21.0 Å². The highest BCUT2D eigenvalue weighted by molar-refractivity contribution is 7.07. The molecule has 2 aromatic heterocycles. The van der Waals surface area contributed by atoms with Gasteiger partial charge in [0, 0.05) is 16.7 Å². The quantitative estimate of drug-likeness (QED) is 0.315. The number of nitrogens with zero attached hydrogens (tertiary/aromatic N) is 2. The molecule has 1 aliphatic rings. The minimum atomic E-state index is -1.01. The summed E-state index contributed by atoms with van der Waals surface area (Å²) in [5, 5.41) is 9.90. The van der Waals surface area contributed by atoms with Gasteiger partial charge in [-0.05, 0) is 53.6 Å². The Morgan fingerprint density at radius 3 is 2.50 bits per heavy atom. The number of furan rings is 1. The second-order valence-electron chi connectivity index (χ2n) is 8.68. The van der Waals surface area contributed by atoms with Gasteiger partial charge in [0.05, 0.1) is 21.8 Å². The molecule has 0 saturated carbocycles. The number of hydrogen-bond donors (Lipinski definition) is 1. The molecule has 0 fully saturated rings. The maximum absolute atomic E-state index is 13.6. The predicted molar refractivity (Wildman–Crippen MR) is 148 cm³/mol. The van der Waals surface area contributed by atoms with E-state index >= 15 is 0 Å². The summed E-state index contributed by atoms with van der Waals surface area (Å²) < 4.78 is 8.13. The molecule has 3 heterocycles. The fraction of sp³-hybridized carbons (Fsp3) is 0.0333. The van der Waals surface area contributed by atoms with Crippen LogP contribution in [0.4, 0.5) is 0 Å². The van der Waals surface area contributed by atoms with Crippen LogP contribution >= 0.6 is 22.9 Å². The van der Waals surface area contributed by atoms with E-state index in [1.807, 2.05) is 60.7 Å². The van der Waals surface area contributed by atoms with Gasteiger partial charge in [-0.15, -0.1) is 0 Å². The largest absolute Gasteiger partial charge is 0.478 e. The van der Waals surface area contributed by atoms with Gasteiger partial charge in [-0.2, -0.15) is 0 Å². The first-order chi connectivity index (χ1) is 18.5. The van der Waals surface area contributed by atoms with Crippen molar-refractivity contribution >= 4 is 40.7 Å². The molecule has 0 bridgehead atoms. The summed E-state index contributed by atoms with van der Waals surface area (Å²) in [4.78, 5) is 30.4. The number of allylic oxidation sites excluding steroid dienone is 1. The molecule has 1 N–H and O–H groups in total. The van der Waals surface area contributed by atoms with Crippen LogP contribution in [0.3, 0.4) is 0 Å². The molecule has 8 heteroatoms. The number of aromatic carboxylic acids is 1. The molecular weight excluding hydrogens is 520 g/mol. The number of carboxylic acids is 1. The molecule has 6 nitrogen and oxygen atoms in total. The molecule has 38 heavy (non-hydrogen) atoms. The molecule has 0 aliphatic carbocycles. The second-order valence-corrected chi connectivity index (χ2v) is 10.1. The Balaban J connectivity index is 1.46. The number of fused-ring (bicyclic) bond motifs is 1. The standard InChI is InChI=1S/C30H19ClN2O4S/c31-22-11-9-19(10-12-22)25-17-24(18-5-2-1-3-6-18)32-30-33(25)28(34)27(38-30)16-23-13-14-26(37-23)20-7-4-8-21(15-20)29(35)36/h1-17,25H,(H,35,36). The molecule has 1 atom stereocenters.